The lowest BCUT2D eigenvalue weighted by molar-refractivity contribution is 0.235. The molecule has 0 saturated heterocycles. The third kappa shape index (κ3) is 3.64. The van der Waals surface area contributed by atoms with Crippen LogP contribution in [0, 0.1) is 0 Å². The quantitative estimate of drug-likeness (QED) is 0.364. The van der Waals surface area contributed by atoms with Crippen LogP contribution in [-0.2, 0) is 14.8 Å². The third-order valence-corrected chi connectivity index (χ3v) is 2.16. The van der Waals surface area contributed by atoms with Crippen LogP contribution in [0.5, 0.6) is 0 Å². The highest BCUT2D eigenvalue weighted by Crippen LogP contribution is 2.00. The fourth-order valence-electron chi connectivity index (χ4n) is 0.567. The van der Waals surface area contributed by atoms with Gasteiger partial charge in [-0.1, -0.05) is 6.08 Å². The van der Waals surface area contributed by atoms with E-state index in [1.807, 2.05) is 0 Å². The summed E-state index contributed by atoms with van der Waals surface area (Å²) < 4.78 is 22.2. The lowest BCUT2D eigenvalue weighted by Gasteiger charge is -2.13. The van der Waals surface area contributed by atoms with Crippen LogP contribution in [-0.4, -0.2) is 37.6 Å². The number of carbonyl (C=O) groups excluding carboxylic acids is 2. The van der Waals surface area contributed by atoms with Gasteiger partial charge in [0.2, 0.25) is 16.1 Å². The summed E-state index contributed by atoms with van der Waals surface area (Å²) in [7, 11) is -3.71. The van der Waals surface area contributed by atoms with Crippen molar-refractivity contribution in [2.24, 2.45) is 4.99 Å². The maximum absolute atomic E-state index is 10.9. The van der Waals surface area contributed by atoms with Crippen LogP contribution in [0.3, 0.4) is 0 Å². The van der Waals surface area contributed by atoms with Gasteiger partial charge in [0.25, 0.3) is 0 Å². The molecule has 2 amide bonds. The van der Waals surface area contributed by atoms with Crippen molar-refractivity contribution in [3.63, 3.8) is 0 Å². The molecule has 0 aliphatic carbocycles. The van der Waals surface area contributed by atoms with E-state index in [1.165, 1.54) is 6.08 Å². The Kier molecular flexibility index (Phi) is 4.03. The number of isocyanates is 1. The number of hydrogen-bond donors (Lipinski definition) is 0. The van der Waals surface area contributed by atoms with Crippen LogP contribution in [0.4, 0.5) is 4.79 Å². The van der Waals surface area contributed by atoms with E-state index < -0.39 is 16.1 Å². The summed E-state index contributed by atoms with van der Waals surface area (Å²) in [6.45, 7) is 3.04. The highest BCUT2D eigenvalue weighted by atomic mass is 32.2. The van der Waals surface area contributed by atoms with E-state index >= 15 is 0 Å². The molecule has 0 atom stereocenters. The normalized spacial score (nSPS) is 9.92. The molecule has 72 valence electrons. The number of nitrogens with zero attached hydrogens (tertiary/aromatic N) is 2. The van der Waals surface area contributed by atoms with E-state index in [0.29, 0.717) is 4.31 Å². The van der Waals surface area contributed by atoms with Crippen LogP contribution < -0.4 is 0 Å². The lowest BCUT2D eigenvalue weighted by atomic mass is 10.6. The molecular formula is C6H8N2O4S. The second kappa shape index (κ2) is 4.54. The highest BCUT2D eigenvalue weighted by Gasteiger charge is 2.20. The maximum Gasteiger partial charge on any atom is 0.368 e. The zero-order valence-corrected chi connectivity index (χ0v) is 7.74. The van der Waals surface area contributed by atoms with Gasteiger partial charge in [-0.05, 0) is 0 Å². The fraction of sp³-hybridized carbons (Fsp3) is 0.333. The molecule has 7 heteroatoms. The average Bonchev–Trinajstić information content (AvgIpc) is 1.98. The second-order valence-corrected chi connectivity index (χ2v) is 3.98. The first kappa shape index (κ1) is 11.5. The van der Waals surface area contributed by atoms with Crippen molar-refractivity contribution < 1.29 is 18.0 Å². The van der Waals surface area contributed by atoms with Gasteiger partial charge in [-0.3, -0.25) is 0 Å². The van der Waals surface area contributed by atoms with E-state index in [4.69, 9.17) is 0 Å². The van der Waals surface area contributed by atoms with Crippen LogP contribution in [0.2, 0.25) is 0 Å². The summed E-state index contributed by atoms with van der Waals surface area (Å²) in [5.74, 6) is 0. The van der Waals surface area contributed by atoms with Gasteiger partial charge in [-0.2, -0.15) is 0 Å². The van der Waals surface area contributed by atoms with Crippen molar-refractivity contribution >= 4 is 22.1 Å². The number of rotatable bonds is 3. The van der Waals surface area contributed by atoms with E-state index in [2.05, 4.69) is 11.6 Å². The molecular weight excluding hydrogens is 196 g/mol. The van der Waals surface area contributed by atoms with Gasteiger partial charge in [-0.25, -0.2) is 22.3 Å². The van der Waals surface area contributed by atoms with E-state index in [9.17, 15) is 18.0 Å². The zero-order chi connectivity index (χ0) is 10.5. The molecule has 0 aromatic rings. The molecule has 0 bridgehead atoms. The minimum atomic E-state index is -3.71. The Balaban J connectivity index is 4.92. The van der Waals surface area contributed by atoms with Crippen LogP contribution in [0.15, 0.2) is 17.6 Å². The Bertz CT molecular complexity index is 353. The largest absolute Gasteiger partial charge is 0.368 e. The first-order chi connectivity index (χ1) is 5.93. The second-order valence-electron chi connectivity index (χ2n) is 2.07. The van der Waals surface area contributed by atoms with Gasteiger partial charge in [0.1, 0.15) is 0 Å². The standard InChI is InChI=1S/C6H8N2O4S/c1-3-4-8(13(2,11)12)6(10)7-5-9/h3H,1,4H2,2H3. The molecule has 0 aliphatic heterocycles. The van der Waals surface area contributed by atoms with E-state index in [1.54, 1.807) is 0 Å². The minimum Gasteiger partial charge on any atom is -0.244 e. The zero-order valence-electron chi connectivity index (χ0n) is 6.93. The van der Waals surface area contributed by atoms with Crippen molar-refractivity contribution in [1.82, 2.24) is 4.31 Å². The number of carbonyl (C=O) groups is 1. The van der Waals surface area contributed by atoms with Gasteiger partial charge < -0.3 is 0 Å². The highest BCUT2D eigenvalue weighted by molar-refractivity contribution is 7.88. The Morgan fingerprint density at radius 1 is 1.69 bits per heavy atom. The van der Waals surface area contributed by atoms with Crippen molar-refractivity contribution in [2.75, 3.05) is 12.8 Å². The predicted octanol–water partition coefficient (Wildman–Crippen LogP) is -0.110. The van der Waals surface area contributed by atoms with Gasteiger partial charge in [0, 0.05) is 0 Å². The Morgan fingerprint density at radius 3 is 2.54 bits per heavy atom. The van der Waals surface area contributed by atoms with Crippen molar-refractivity contribution in [3.05, 3.63) is 12.7 Å². The van der Waals surface area contributed by atoms with E-state index in [-0.39, 0.29) is 6.54 Å². The summed E-state index contributed by atoms with van der Waals surface area (Å²) >= 11 is 0. The molecule has 0 rings (SSSR count). The van der Waals surface area contributed by atoms with Gasteiger partial charge in [0.15, 0.2) is 0 Å². The van der Waals surface area contributed by atoms with Crippen LogP contribution in [0.25, 0.3) is 0 Å². The number of sulfonamides is 1. The monoisotopic (exact) mass is 204 g/mol. The molecule has 0 saturated carbocycles. The smallest absolute Gasteiger partial charge is 0.244 e. The first-order valence-electron chi connectivity index (χ1n) is 3.14. The summed E-state index contributed by atoms with van der Waals surface area (Å²) in [5.41, 5.74) is 0. The lowest BCUT2D eigenvalue weighted by Crippen LogP contribution is -2.34. The minimum absolute atomic E-state index is 0.219. The molecule has 0 radical (unpaired) electrons. The molecule has 0 spiro atoms. The Labute approximate surface area is 75.6 Å². The Morgan fingerprint density at radius 2 is 2.23 bits per heavy atom. The van der Waals surface area contributed by atoms with Crippen LogP contribution in [0.1, 0.15) is 0 Å². The number of hydrogen-bond acceptors (Lipinski definition) is 4. The number of aliphatic imine (C=N–C) groups is 1. The maximum atomic E-state index is 10.9. The number of amides is 2. The van der Waals surface area contributed by atoms with Crippen LogP contribution >= 0.6 is 0 Å². The first-order valence-corrected chi connectivity index (χ1v) is 4.98. The molecule has 0 aromatic heterocycles. The van der Waals surface area contributed by atoms with Gasteiger partial charge in [0.05, 0.1) is 12.8 Å². The molecule has 13 heavy (non-hydrogen) atoms. The SMILES string of the molecule is C=CCN(C(=O)N=C=O)S(C)(=O)=O. The molecule has 0 heterocycles. The molecule has 6 nitrogen and oxygen atoms in total. The van der Waals surface area contributed by atoms with E-state index in [0.717, 1.165) is 12.3 Å². The summed E-state index contributed by atoms with van der Waals surface area (Å²) in [6.07, 6.45) is 3.00. The molecule has 0 fully saturated rings. The fourth-order valence-corrected chi connectivity index (χ4v) is 1.27. The molecule has 0 aromatic carbocycles. The van der Waals surface area contributed by atoms with Crippen molar-refractivity contribution in [2.45, 2.75) is 0 Å². The predicted molar refractivity (Wildman–Crippen MR) is 45.3 cm³/mol. The van der Waals surface area contributed by atoms with Crippen molar-refractivity contribution in [3.8, 4) is 0 Å². The van der Waals surface area contributed by atoms with Gasteiger partial charge >= 0.3 is 6.03 Å². The summed E-state index contributed by atoms with van der Waals surface area (Å²) in [4.78, 5) is 23.2. The molecule has 0 unspecified atom stereocenters. The summed E-state index contributed by atoms with van der Waals surface area (Å²) in [6, 6.07) is -1.17. The summed E-state index contributed by atoms with van der Waals surface area (Å²) in [5, 5.41) is 0. The van der Waals surface area contributed by atoms with Crippen molar-refractivity contribution in [1.29, 1.82) is 0 Å². The van der Waals surface area contributed by atoms with Gasteiger partial charge in [-0.15, -0.1) is 11.6 Å². The topological polar surface area (TPSA) is 83.9 Å². The average molecular weight is 204 g/mol. The third-order valence-electron chi connectivity index (χ3n) is 1.05. The molecule has 0 N–H and O–H groups in total. The molecule has 0 aliphatic rings. The number of urea groups is 1. The Hall–Kier alpha value is -1.46.